The lowest BCUT2D eigenvalue weighted by molar-refractivity contribution is 0.0972. The smallest absolute Gasteiger partial charge is 0.289 e. The number of aryl methyl sites for hydroxylation is 1. The Balaban J connectivity index is 1.92. The lowest BCUT2D eigenvalue weighted by atomic mass is 9.90. The van der Waals surface area contributed by atoms with Crippen molar-refractivity contribution in [1.82, 2.24) is 0 Å². The Morgan fingerprint density at radius 3 is 2.94 bits per heavy atom. The van der Waals surface area contributed by atoms with E-state index in [-0.39, 0.29) is 5.78 Å². The molecular formula is C14H12O3. The van der Waals surface area contributed by atoms with Crippen LogP contribution >= 0.6 is 0 Å². The van der Waals surface area contributed by atoms with E-state index in [2.05, 4.69) is 0 Å². The van der Waals surface area contributed by atoms with Crippen molar-refractivity contribution in [2.24, 2.45) is 0 Å². The topological polar surface area (TPSA) is 39.4 Å². The van der Waals surface area contributed by atoms with E-state index < -0.39 is 0 Å². The molecule has 3 nitrogen and oxygen atoms in total. The fourth-order valence-corrected chi connectivity index (χ4v) is 2.11. The van der Waals surface area contributed by atoms with E-state index in [0.29, 0.717) is 18.1 Å². The van der Waals surface area contributed by atoms with Crippen molar-refractivity contribution in [2.75, 3.05) is 0 Å². The van der Waals surface area contributed by atoms with Crippen LogP contribution in [0.15, 0.2) is 41.0 Å². The van der Waals surface area contributed by atoms with E-state index in [1.165, 1.54) is 0 Å². The molecule has 0 fully saturated rings. The maximum absolute atomic E-state index is 11.8. The molecule has 0 aliphatic heterocycles. The van der Waals surface area contributed by atoms with Crippen LogP contribution in [0.5, 0.6) is 11.7 Å². The molecule has 0 atom stereocenters. The van der Waals surface area contributed by atoms with Gasteiger partial charge in [-0.05, 0) is 36.6 Å². The monoisotopic (exact) mass is 228 g/mol. The average molecular weight is 228 g/mol. The van der Waals surface area contributed by atoms with Crippen molar-refractivity contribution in [2.45, 2.75) is 19.3 Å². The summed E-state index contributed by atoms with van der Waals surface area (Å²) in [5, 5.41) is 0. The molecule has 0 N–H and O–H groups in total. The predicted molar refractivity (Wildman–Crippen MR) is 62.5 cm³/mol. The number of Topliss-reactive ketones (excluding diaryl/α,β-unsaturated/α-hetero) is 1. The maximum Gasteiger partial charge on any atom is 0.289 e. The van der Waals surface area contributed by atoms with Crippen LogP contribution < -0.4 is 4.74 Å². The molecule has 1 aromatic carbocycles. The molecule has 0 spiro atoms. The van der Waals surface area contributed by atoms with Crippen LogP contribution in [-0.4, -0.2) is 5.78 Å². The molecule has 1 heterocycles. The summed E-state index contributed by atoms with van der Waals surface area (Å²) in [5.41, 5.74) is 1.91. The van der Waals surface area contributed by atoms with Gasteiger partial charge >= 0.3 is 0 Å². The van der Waals surface area contributed by atoms with Crippen LogP contribution in [0.4, 0.5) is 0 Å². The Bertz CT molecular complexity index is 541. The molecule has 2 aromatic rings. The molecule has 0 unspecified atom stereocenters. The summed E-state index contributed by atoms with van der Waals surface area (Å²) in [7, 11) is 0. The van der Waals surface area contributed by atoms with E-state index in [1.807, 2.05) is 12.1 Å². The molecule has 0 saturated carbocycles. The van der Waals surface area contributed by atoms with Crippen LogP contribution in [0.2, 0.25) is 0 Å². The van der Waals surface area contributed by atoms with Crippen LogP contribution in [0.25, 0.3) is 0 Å². The molecule has 0 amide bonds. The van der Waals surface area contributed by atoms with Gasteiger partial charge in [0.15, 0.2) is 5.78 Å². The predicted octanol–water partition coefficient (Wildman–Crippen LogP) is 3.59. The SMILES string of the molecule is O=C1CCCc2ccc(Oc3ccco3)cc21. The van der Waals surface area contributed by atoms with Gasteiger partial charge < -0.3 is 9.15 Å². The number of benzene rings is 1. The molecule has 0 saturated heterocycles. The molecular weight excluding hydrogens is 216 g/mol. The zero-order valence-electron chi connectivity index (χ0n) is 9.31. The molecule has 0 bridgehead atoms. The van der Waals surface area contributed by atoms with E-state index >= 15 is 0 Å². The molecule has 3 rings (SSSR count). The second-order valence-corrected chi connectivity index (χ2v) is 4.13. The Labute approximate surface area is 99.0 Å². The second kappa shape index (κ2) is 4.09. The highest BCUT2D eigenvalue weighted by Gasteiger charge is 2.17. The Morgan fingerprint density at radius 2 is 2.12 bits per heavy atom. The summed E-state index contributed by atoms with van der Waals surface area (Å²) in [6.45, 7) is 0. The first-order valence-electron chi connectivity index (χ1n) is 5.70. The molecule has 3 heteroatoms. The van der Waals surface area contributed by atoms with Gasteiger partial charge in [-0.3, -0.25) is 4.79 Å². The number of carbonyl (C=O) groups excluding carboxylic acids is 1. The van der Waals surface area contributed by atoms with E-state index in [1.54, 1.807) is 24.5 Å². The number of hydrogen-bond donors (Lipinski definition) is 0. The third-order valence-electron chi connectivity index (χ3n) is 2.95. The highest BCUT2D eigenvalue weighted by molar-refractivity contribution is 5.98. The minimum absolute atomic E-state index is 0.205. The first kappa shape index (κ1) is 10.1. The van der Waals surface area contributed by atoms with Gasteiger partial charge in [0.25, 0.3) is 5.95 Å². The zero-order valence-corrected chi connectivity index (χ0v) is 9.31. The van der Waals surface area contributed by atoms with Crippen LogP contribution in [0.1, 0.15) is 28.8 Å². The highest BCUT2D eigenvalue weighted by Crippen LogP contribution is 2.28. The van der Waals surface area contributed by atoms with Crippen molar-refractivity contribution in [1.29, 1.82) is 0 Å². The maximum atomic E-state index is 11.8. The number of ether oxygens (including phenoxy) is 1. The summed E-state index contributed by atoms with van der Waals surface area (Å²) >= 11 is 0. The van der Waals surface area contributed by atoms with Gasteiger partial charge in [0.1, 0.15) is 5.75 Å². The summed E-state index contributed by atoms with van der Waals surface area (Å²) < 4.78 is 10.6. The van der Waals surface area contributed by atoms with Crippen molar-refractivity contribution in [3.8, 4) is 11.7 Å². The van der Waals surface area contributed by atoms with Crippen molar-refractivity contribution >= 4 is 5.78 Å². The van der Waals surface area contributed by atoms with Crippen LogP contribution in [-0.2, 0) is 6.42 Å². The number of carbonyl (C=O) groups is 1. The normalized spacial score (nSPS) is 14.5. The zero-order chi connectivity index (χ0) is 11.7. The van der Waals surface area contributed by atoms with Gasteiger partial charge in [-0.2, -0.15) is 0 Å². The molecule has 1 aliphatic carbocycles. The largest absolute Gasteiger partial charge is 0.434 e. The van der Waals surface area contributed by atoms with Crippen molar-refractivity contribution < 1.29 is 13.9 Å². The Morgan fingerprint density at radius 1 is 1.18 bits per heavy atom. The number of ketones is 1. The van der Waals surface area contributed by atoms with Gasteiger partial charge in [0.05, 0.1) is 6.26 Å². The van der Waals surface area contributed by atoms with E-state index in [0.717, 1.165) is 24.0 Å². The second-order valence-electron chi connectivity index (χ2n) is 4.13. The molecule has 1 aliphatic rings. The lowest BCUT2D eigenvalue weighted by Gasteiger charge is -2.15. The van der Waals surface area contributed by atoms with Crippen molar-refractivity contribution in [3.05, 3.63) is 47.7 Å². The molecule has 0 radical (unpaired) electrons. The highest BCUT2D eigenvalue weighted by atomic mass is 16.6. The molecule has 86 valence electrons. The Kier molecular flexibility index (Phi) is 2.44. The van der Waals surface area contributed by atoms with E-state index in [4.69, 9.17) is 9.15 Å². The quantitative estimate of drug-likeness (QED) is 0.788. The Hall–Kier alpha value is -2.03. The van der Waals surface area contributed by atoms with Crippen LogP contribution in [0.3, 0.4) is 0 Å². The number of hydrogen-bond acceptors (Lipinski definition) is 3. The minimum atomic E-state index is 0.205. The van der Waals surface area contributed by atoms with Gasteiger partial charge in [-0.15, -0.1) is 0 Å². The van der Waals surface area contributed by atoms with Gasteiger partial charge in [0.2, 0.25) is 0 Å². The summed E-state index contributed by atoms with van der Waals surface area (Å²) in [5.74, 6) is 1.29. The fraction of sp³-hybridized carbons (Fsp3) is 0.214. The molecule has 1 aromatic heterocycles. The summed E-state index contributed by atoms with van der Waals surface area (Å²) in [4.78, 5) is 11.8. The van der Waals surface area contributed by atoms with E-state index in [9.17, 15) is 4.79 Å². The summed E-state index contributed by atoms with van der Waals surface area (Å²) in [6.07, 6.45) is 4.11. The number of fused-ring (bicyclic) bond motifs is 1. The third-order valence-corrected chi connectivity index (χ3v) is 2.95. The van der Waals surface area contributed by atoms with Gasteiger partial charge in [0, 0.05) is 18.1 Å². The third kappa shape index (κ3) is 1.96. The first-order chi connectivity index (χ1) is 8.33. The summed E-state index contributed by atoms with van der Waals surface area (Å²) in [6, 6.07) is 9.14. The van der Waals surface area contributed by atoms with Gasteiger partial charge in [-0.1, -0.05) is 6.07 Å². The lowest BCUT2D eigenvalue weighted by Crippen LogP contribution is -2.10. The molecule has 17 heavy (non-hydrogen) atoms. The fourth-order valence-electron chi connectivity index (χ4n) is 2.11. The number of furan rings is 1. The van der Waals surface area contributed by atoms with Crippen LogP contribution in [0, 0.1) is 0 Å². The standard InChI is InChI=1S/C14H12O3/c15-13-4-1-3-10-6-7-11(9-12(10)13)17-14-5-2-8-16-14/h2,5-9H,1,3-4H2. The van der Waals surface area contributed by atoms with Crippen molar-refractivity contribution in [3.63, 3.8) is 0 Å². The van der Waals surface area contributed by atoms with Gasteiger partial charge in [-0.25, -0.2) is 0 Å². The minimum Gasteiger partial charge on any atom is -0.434 e. The average Bonchev–Trinajstić information content (AvgIpc) is 2.83. The first-order valence-corrected chi connectivity index (χ1v) is 5.70. The number of rotatable bonds is 2.